The van der Waals surface area contributed by atoms with E-state index in [-0.39, 0.29) is 17.9 Å². The lowest BCUT2D eigenvalue weighted by molar-refractivity contribution is -0.121. The van der Waals surface area contributed by atoms with Crippen molar-refractivity contribution in [2.45, 2.75) is 53.0 Å². The van der Waals surface area contributed by atoms with Crippen LogP contribution in [0.2, 0.25) is 0 Å². The highest BCUT2D eigenvalue weighted by Crippen LogP contribution is 2.06. The van der Waals surface area contributed by atoms with Crippen LogP contribution < -0.4 is 10.6 Å². The normalized spacial score (nSPS) is 12.0. The third kappa shape index (κ3) is 7.25. The molecule has 1 rings (SSSR count). The molecule has 0 aromatic heterocycles. The summed E-state index contributed by atoms with van der Waals surface area (Å²) in [7, 11) is 0. The SMILES string of the molecule is Cc1cccc(C(=O)NCCC(=O)NC(C)CCC(C)C)c1. The van der Waals surface area contributed by atoms with Gasteiger partial charge < -0.3 is 10.6 Å². The quantitative estimate of drug-likeness (QED) is 0.775. The van der Waals surface area contributed by atoms with Crippen molar-refractivity contribution in [3.8, 4) is 0 Å². The Kier molecular flexibility index (Phi) is 7.64. The first kappa shape index (κ1) is 18.2. The average Bonchev–Trinajstić information content (AvgIpc) is 2.45. The van der Waals surface area contributed by atoms with Gasteiger partial charge in [0.2, 0.25) is 5.91 Å². The van der Waals surface area contributed by atoms with Gasteiger partial charge in [-0.1, -0.05) is 31.5 Å². The van der Waals surface area contributed by atoms with Gasteiger partial charge in [-0.2, -0.15) is 0 Å². The molecule has 0 fully saturated rings. The van der Waals surface area contributed by atoms with Crippen LogP contribution >= 0.6 is 0 Å². The maximum atomic E-state index is 11.9. The molecule has 4 heteroatoms. The summed E-state index contributed by atoms with van der Waals surface area (Å²) in [5.74, 6) is 0.498. The lowest BCUT2D eigenvalue weighted by Crippen LogP contribution is -2.35. The van der Waals surface area contributed by atoms with Crippen LogP contribution in [0.15, 0.2) is 24.3 Å². The van der Waals surface area contributed by atoms with Gasteiger partial charge in [0.15, 0.2) is 0 Å². The number of rotatable bonds is 8. The Labute approximate surface area is 133 Å². The van der Waals surface area contributed by atoms with Crippen LogP contribution in [0.5, 0.6) is 0 Å². The van der Waals surface area contributed by atoms with E-state index in [0.717, 1.165) is 18.4 Å². The zero-order valence-electron chi connectivity index (χ0n) is 14.1. The van der Waals surface area contributed by atoms with Crippen molar-refractivity contribution in [2.75, 3.05) is 6.54 Å². The van der Waals surface area contributed by atoms with Gasteiger partial charge in [0.25, 0.3) is 5.91 Å². The van der Waals surface area contributed by atoms with Crippen molar-refractivity contribution < 1.29 is 9.59 Å². The summed E-state index contributed by atoms with van der Waals surface area (Å²) in [6, 6.07) is 7.60. The van der Waals surface area contributed by atoms with Crippen molar-refractivity contribution in [3.05, 3.63) is 35.4 Å². The minimum absolute atomic E-state index is 0.0131. The summed E-state index contributed by atoms with van der Waals surface area (Å²) in [6.07, 6.45) is 2.40. The summed E-state index contributed by atoms with van der Waals surface area (Å²) in [6.45, 7) is 8.68. The molecule has 0 saturated heterocycles. The van der Waals surface area contributed by atoms with Crippen molar-refractivity contribution in [1.29, 1.82) is 0 Å². The summed E-state index contributed by atoms with van der Waals surface area (Å²) in [5, 5.41) is 5.75. The van der Waals surface area contributed by atoms with Crippen LogP contribution in [-0.2, 0) is 4.79 Å². The molecule has 0 aliphatic carbocycles. The van der Waals surface area contributed by atoms with Crippen molar-refractivity contribution in [2.24, 2.45) is 5.92 Å². The third-order valence-corrected chi connectivity index (χ3v) is 3.50. The minimum atomic E-state index is -0.135. The third-order valence-electron chi connectivity index (χ3n) is 3.50. The number of amides is 2. The first-order valence-electron chi connectivity index (χ1n) is 8.02. The molecule has 2 amide bonds. The van der Waals surface area contributed by atoms with Gasteiger partial charge in [-0.25, -0.2) is 0 Å². The molecule has 0 spiro atoms. The Hall–Kier alpha value is -1.84. The van der Waals surface area contributed by atoms with Gasteiger partial charge in [0, 0.05) is 24.6 Å². The second kappa shape index (κ2) is 9.23. The summed E-state index contributed by atoms with van der Waals surface area (Å²) >= 11 is 0. The Morgan fingerprint density at radius 1 is 1.14 bits per heavy atom. The van der Waals surface area contributed by atoms with Gasteiger partial charge >= 0.3 is 0 Å². The van der Waals surface area contributed by atoms with E-state index in [1.807, 2.05) is 32.0 Å². The van der Waals surface area contributed by atoms with E-state index < -0.39 is 0 Å². The predicted octanol–water partition coefficient (Wildman–Crippen LogP) is 3.06. The Balaban J connectivity index is 2.26. The topological polar surface area (TPSA) is 58.2 Å². The fourth-order valence-corrected chi connectivity index (χ4v) is 2.18. The molecule has 0 aliphatic heterocycles. The standard InChI is InChI=1S/C18H28N2O2/c1-13(2)8-9-15(4)20-17(21)10-11-19-18(22)16-7-5-6-14(3)12-16/h5-7,12-13,15H,8-11H2,1-4H3,(H,19,22)(H,20,21). The zero-order chi connectivity index (χ0) is 16.5. The summed E-state index contributed by atoms with van der Waals surface area (Å²) in [5.41, 5.74) is 1.68. The molecule has 1 aromatic rings. The number of hydrogen-bond donors (Lipinski definition) is 2. The number of benzene rings is 1. The minimum Gasteiger partial charge on any atom is -0.354 e. The Bertz CT molecular complexity index is 498. The molecule has 0 radical (unpaired) electrons. The molecule has 1 unspecified atom stereocenters. The highest BCUT2D eigenvalue weighted by atomic mass is 16.2. The number of aryl methyl sites for hydroxylation is 1. The van der Waals surface area contributed by atoms with Gasteiger partial charge in [0.1, 0.15) is 0 Å². The van der Waals surface area contributed by atoms with E-state index in [1.165, 1.54) is 0 Å². The molecule has 0 heterocycles. The molecule has 22 heavy (non-hydrogen) atoms. The van der Waals surface area contributed by atoms with Gasteiger partial charge in [0.05, 0.1) is 0 Å². The van der Waals surface area contributed by atoms with Crippen LogP contribution in [0.3, 0.4) is 0 Å². The largest absolute Gasteiger partial charge is 0.354 e. The monoisotopic (exact) mass is 304 g/mol. The number of carbonyl (C=O) groups is 2. The van der Waals surface area contributed by atoms with E-state index in [0.29, 0.717) is 24.4 Å². The molecular weight excluding hydrogens is 276 g/mol. The molecule has 1 atom stereocenters. The first-order valence-corrected chi connectivity index (χ1v) is 8.02. The van der Waals surface area contributed by atoms with Crippen molar-refractivity contribution in [3.63, 3.8) is 0 Å². The first-order chi connectivity index (χ1) is 10.4. The van der Waals surface area contributed by atoms with Crippen LogP contribution in [-0.4, -0.2) is 24.4 Å². The number of carbonyl (C=O) groups excluding carboxylic acids is 2. The highest BCUT2D eigenvalue weighted by molar-refractivity contribution is 5.94. The Morgan fingerprint density at radius 3 is 2.50 bits per heavy atom. The molecule has 0 saturated carbocycles. The van der Waals surface area contributed by atoms with E-state index in [1.54, 1.807) is 6.07 Å². The van der Waals surface area contributed by atoms with E-state index >= 15 is 0 Å². The van der Waals surface area contributed by atoms with E-state index in [9.17, 15) is 9.59 Å². The molecule has 0 aliphatic rings. The van der Waals surface area contributed by atoms with Gasteiger partial charge in [-0.15, -0.1) is 0 Å². The van der Waals surface area contributed by atoms with Gasteiger partial charge in [-0.3, -0.25) is 9.59 Å². The summed E-state index contributed by atoms with van der Waals surface area (Å²) < 4.78 is 0. The van der Waals surface area contributed by atoms with Gasteiger partial charge in [-0.05, 0) is 44.7 Å². The van der Waals surface area contributed by atoms with Crippen LogP contribution in [0.25, 0.3) is 0 Å². The molecule has 122 valence electrons. The van der Waals surface area contributed by atoms with Crippen molar-refractivity contribution in [1.82, 2.24) is 10.6 Å². The fraction of sp³-hybridized carbons (Fsp3) is 0.556. The van der Waals surface area contributed by atoms with E-state index in [4.69, 9.17) is 0 Å². The molecule has 4 nitrogen and oxygen atoms in total. The average molecular weight is 304 g/mol. The maximum Gasteiger partial charge on any atom is 0.251 e. The highest BCUT2D eigenvalue weighted by Gasteiger charge is 2.09. The van der Waals surface area contributed by atoms with Crippen LogP contribution in [0, 0.1) is 12.8 Å². The molecule has 1 aromatic carbocycles. The molecule has 2 N–H and O–H groups in total. The second-order valence-electron chi connectivity index (χ2n) is 6.32. The van der Waals surface area contributed by atoms with Crippen LogP contribution in [0.1, 0.15) is 56.0 Å². The number of hydrogen-bond acceptors (Lipinski definition) is 2. The molecule has 0 bridgehead atoms. The number of nitrogens with one attached hydrogen (secondary N) is 2. The smallest absolute Gasteiger partial charge is 0.251 e. The summed E-state index contributed by atoms with van der Waals surface area (Å²) in [4.78, 5) is 23.7. The lowest BCUT2D eigenvalue weighted by Gasteiger charge is -2.15. The predicted molar refractivity (Wildman–Crippen MR) is 89.8 cm³/mol. The fourth-order valence-electron chi connectivity index (χ4n) is 2.18. The lowest BCUT2D eigenvalue weighted by atomic mass is 10.0. The Morgan fingerprint density at radius 2 is 1.86 bits per heavy atom. The van der Waals surface area contributed by atoms with E-state index in [2.05, 4.69) is 24.5 Å². The maximum absolute atomic E-state index is 11.9. The zero-order valence-corrected chi connectivity index (χ0v) is 14.1. The van der Waals surface area contributed by atoms with Crippen molar-refractivity contribution >= 4 is 11.8 Å². The van der Waals surface area contributed by atoms with Crippen LogP contribution in [0.4, 0.5) is 0 Å². The molecular formula is C18H28N2O2. The second-order valence-corrected chi connectivity index (χ2v) is 6.32.